The molecule has 2 heterocycles. The maximum Gasteiger partial charge on any atom is 0.435 e. The summed E-state index contributed by atoms with van der Waals surface area (Å²) in [5.74, 6) is 0.298. The van der Waals surface area contributed by atoms with Crippen molar-refractivity contribution in [2.75, 3.05) is 19.7 Å². The molecule has 1 aliphatic rings. The van der Waals surface area contributed by atoms with Crippen LogP contribution < -0.4 is 4.74 Å². The molecule has 0 N–H and O–H groups in total. The van der Waals surface area contributed by atoms with Gasteiger partial charge in [-0.2, -0.15) is 18.2 Å². The minimum Gasteiger partial charge on any atom is -0.464 e. The molecule has 0 bridgehead atoms. The molecule has 2 aromatic carbocycles. The third-order valence-corrected chi connectivity index (χ3v) is 5.40. The number of imidazole rings is 1. The first kappa shape index (κ1) is 20.5. The molecule has 0 saturated carbocycles. The van der Waals surface area contributed by atoms with Crippen LogP contribution in [0.15, 0.2) is 66.9 Å². The van der Waals surface area contributed by atoms with Crippen LogP contribution in [0, 0.1) is 5.92 Å². The van der Waals surface area contributed by atoms with Crippen LogP contribution in [0.5, 0.6) is 6.01 Å². The van der Waals surface area contributed by atoms with E-state index in [0.29, 0.717) is 18.2 Å². The van der Waals surface area contributed by atoms with Gasteiger partial charge in [-0.15, -0.1) is 0 Å². The van der Waals surface area contributed by atoms with E-state index >= 15 is 0 Å². The minimum atomic E-state index is -4.51. The Kier molecular flexibility index (Phi) is 6.08. The summed E-state index contributed by atoms with van der Waals surface area (Å²) in [6.07, 6.45) is -1.62. The molecule has 4 nitrogen and oxygen atoms in total. The van der Waals surface area contributed by atoms with Crippen molar-refractivity contribution in [3.05, 3.63) is 78.1 Å². The molecule has 0 amide bonds. The molecule has 1 saturated heterocycles. The summed E-state index contributed by atoms with van der Waals surface area (Å²) >= 11 is 0. The van der Waals surface area contributed by atoms with Gasteiger partial charge in [-0.05, 0) is 49.5 Å². The van der Waals surface area contributed by atoms with Crippen molar-refractivity contribution in [1.29, 1.82) is 0 Å². The highest BCUT2D eigenvalue weighted by Crippen LogP contribution is 2.32. The van der Waals surface area contributed by atoms with Crippen LogP contribution in [0.25, 0.3) is 5.69 Å². The van der Waals surface area contributed by atoms with E-state index in [-0.39, 0.29) is 6.01 Å². The molecule has 158 valence electrons. The molecule has 0 radical (unpaired) electrons. The van der Waals surface area contributed by atoms with E-state index < -0.39 is 11.9 Å². The smallest absolute Gasteiger partial charge is 0.435 e. The van der Waals surface area contributed by atoms with Gasteiger partial charge in [0.2, 0.25) is 0 Å². The molecular weight excluding hydrogens is 391 g/mol. The Morgan fingerprint density at radius 3 is 2.20 bits per heavy atom. The molecule has 1 aromatic heterocycles. The molecule has 0 aliphatic carbocycles. The predicted octanol–water partition coefficient (Wildman–Crippen LogP) is 5.18. The van der Waals surface area contributed by atoms with Gasteiger partial charge in [0.15, 0.2) is 5.69 Å². The van der Waals surface area contributed by atoms with E-state index in [0.717, 1.165) is 38.7 Å². The summed E-state index contributed by atoms with van der Waals surface area (Å²) < 4.78 is 46.7. The van der Waals surface area contributed by atoms with Crippen molar-refractivity contribution in [2.24, 2.45) is 5.92 Å². The Labute approximate surface area is 173 Å². The number of hydrogen-bond donors (Lipinski definition) is 0. The summed E-state index contributed by atoms with van der Waals surface area (Å²) in [6.45, 7) is 3.18. The zero-order chi connectivity index (χ0) is 21.0. The van der Waals surface area contributed by atoms with Crippen molar-refractivity contribution >= 4 is 0 Å². The number of rotatable bonds is 6. The van der Waals surface area contributed by atoms with Gasteiger partial charge in [-0.3, -0.25) is 9.47 Å². The van der Waals surface area contributed by atoms with Crippen LogP contribution in [0.2, 0.25) is 0 Å². The van der Waals surface area contributed by atoms with Gasteiger partial charge >= 0.3 is 12.2 Å². The van der Waals surface area contributed by atoms with Crippen LogP contribution in [-0.2, 0) is 12.7 Å². The third kappa shape index (κ3) is 5.02. The summed E-state index contributed by atoms with van der Waals surface area (Å²) in [5, 5.41) is 0. The molecule has 0 spiro atoms. The Morgan fingerprint density at radius 2 is 1.57 bits per heavy atom. The largest absolute Gasteiger partial charge is 0.464 e. The number of piperidine rings is 1. The number of alkyl halides is 3. The summed E-state index contributed by atoms with van der Waals surface area (Å²) in [6, 6.07) is 19.1. The van der Waals surface area contributed by atoms with Gasteiger partial charge in [0.05, 0.1) is 12.3 Å². The topological polar surface area (TPSA) is 30.3 Å². The van der Waals surface area contributed by atoms with Crippen molar-refractivity contribution in [3.63, 3.8) is 0 Å². The maximum absolute atomic E-state index is 13.2. The fourth-order valence-electron chi connectivity index (χ4n) is 3.72. The lowest BCUT2D eigenvalue weighted by Crippen LogP contribution is -2.35. The first-order chi connectivity index (χ1) is 14.5. The van der Waals surface area contributed by atoms with Crippen LogP contribution in [0.3, 0.4) is 0 Å². The Bertz CT molecular complexity index is 933. The first-order valence-corrected chi connectivity index (χ1v) is 10.1. The van der Waals surface area contributed by atoms with Gasteiger partial charge in [-0.1, -0.05) is 48.5 Å². The van der Waals surface area contributed by atoms with E-state index in [4.69, 9.17) is 4.74 Å². The second kappa shape index (κ2) is 8.92. The Hall–Kier alpha value is -2.80. The SMILES string of the molecule is FC(F)(F)c1cn(-c2ccccc2)c(OCC2CCN(Cc3ccccc3)CC2)n1. The molecule has 3 aromatic rings. The monoisotopic (exact) mass is 415 g/mol. The van der Waals surface area contributed by atoms with E-state index in [9.17, 15) is 13.2 Å². The van der Waals surface area contributed by atoms with Crippen molar-refractivity contribution < 1.29 is 17.9 Å². The van der Waals surface area contributed by atoms with Gasteiger partial charge in [-0.25, -0.2) is 0 Å². The van der Waals surface area contributed by atoms with Crippen molar-refractivity contribution in [1.82, 2.24) is 14.5 Å². The minimum absolute atomic E-state index is 0.0137. The molecule has 7 heteroatoms. The van der Waals surface area contributed by atoms with E-state index in [2.05, 4.69) is 22.0 Å². The Morgan fingerprint density at radius 1 is 0.933 bits per heavy atom. The zero-order valence-corrected chi connectivity index (χ0v) is 16.6. The lowest BCUT2D eigenvalue weighted by atomic mass is 9.97. The average molecular weight is 415 g/mol. The number of para-hydroxylation sites is 1. The predicted molar refractivity (Wildman–Crippen MR) is 109 cm³/mol. The average Bonchev–Trinajstić information content (AvgIpc) is 3.20. The standard InChI is InChI=1S/C23H24F3N3O/c24-23(25,26)21-16-29(20-9-5-2-6-10-20)22(27-21)30-17-19-11-13-28(14-12-19)15-18-7-3-1-4-8-18/h1-10,16,19H,11-15,17H2. The molecule has 0 atom stereocenters. The van der Waals surface area contributed by atoms with Crippen molar-refractivity contribution in [2.45, 2.75) is 25.6 Å². The van der Waals surface area contributed by atoms with Gasteiger partial charge < -0.3 is 4.74 Å². The van der Waals surface area contributed by atoms with Gasteiger partial charge in [0.1, 0.15) is 0 Å². The number of likely N-dealkylation sites (tertiary alicyclic amines) is 1. The first-order valence-electron chi connectivity index (χ1n) is 10.1. The quantitative estimate of drug-likeness (QED) is 0.556. The molecule has 4 rings (SSSR count). The highest BCUT2D eigenvalue weighted by atomic mass is 19.4. The zero-order valence-electron chi connectivity index (χ0n) is 16.6. The van der Waals surface area contributed by atoms with Gasteiger partial charge in [0.25, 0.3) is 0 Å². The van der Waals surface area contributed by atoms with Crippen LogP contribution >= 0.6 is 0 Å². The van der Waals surface area contributed by atoms with Crippen LogP contribution in [0.1, 0.15) is 24.1 Å². The highest BCUT2D eigenvalue weighted by Gasteiger charge is 2.35. The van der Waals surface area contributed by atoms with Crippen LogP contribution in [-0.4, -0.2) is 34.1 Å². The number of hydrogen-bond acceptors (Lipinski definition) is 3. The summed E-state index contributed by atoms with van der Waals surface area (Å²) in [5.41, 5.74) is 0.934. The van der Waals surface area contributed by atoms with E-state index in [1.807, 2.05) is 24.3 Å². The number of benzene rings is 2. The molecular formula is C23H24F3N3O. The van der Waals surface area contributed by atoms with Crippen LogP contribution in [0.4, 0.5) is 13.2 Å². The summed E-state index contributed by atoms with van der Waals surface area (Å²) in [7, 11) is 0. The highest BCUT2D eigenvalue weighted by molar-refractivity contribution is 5.36. The maximum atomic E-state index is 13.2. The number of halogens is 3. The number of aromatic nitrogens is 2. The third-order valence-electron chi connectivity index (χ3n) is 5.40. The fraction of sp³-hybridized carbons (Fsp3) is 0.348. The number of ether oxygens (including phenoxy) is 1. The molecule has 1 aliphatic heterocycles. The van der Waals surface area contributed by atoms with Crippen molar-refractivity contribution in [3.8, 4) is 11.7 Å². The van der Waals surface area contributed by atoms with E-state index in [1.165, 1.54) is 10.1 Å². The fourth-order valence-corrected chi connectivity index (χ4v) is 3.72. The second-order valence-electron chi connectivity index (χ2n) is 7.63. The van der Waals surface area contributed by atoms with Gasteiger partial charge in [0, 0.05) is 12.7 Å². The number of nitrogens with zero attached hydrogens (tertiary/aromatic N) is 3. The van der Waals surface area contributed by atoms with E-state index in [1.54, 1.807) is 24.3 Å². The second-order valence-corrected chi connectivity index (χ2v) is 7.63. The normalized spacial score (nSPS) is 16.0. The molecule has 30 heavy (non-hydrogen) atoms. The lowest BCUT2D eigenvalue weighted by Gasteiger charge is -2.31. The molecule has 0 unspecified atom stereocenters. The molecule has 1 fully saturated rings. The summed E-state index contributed by atoms with van der Waals surface area (Å²) in [4.78, 5) is 6.12. The lowest BCUT2D eigenvalue weighted by molar-refractivity contribution is -0.141. The Balaban J connectivity index is 1.37.